The lowest BCUT2D eigenvalue weighted by atomic mass is 9.92. The lowest BCUT2D eigenvalue weighted by molar-refractivity contribution is -0.388. The smallest absolute Gasteiger partial charge is 0.423 e. The van der Waals surface area contributed by atoms with Crippen LogP contribution >= 0.6 is 0 Å². The summed E-state index contributed by atoms with van der Waals surface area (Å²) in [6.45, 7) is 3.74. The van der Waals surface area contributed by atoms with Crippen molar-refractivity contribution in [3.8, 4) is 5.88 Å². The van der Waals surface area contributed by atoms with E-state index in [1.165, 1.54) is 6.07 Å². The van der Waals surface area contributed by atoms with Gasteiger partial charge < -0.3 is 20.3 Å². The molecule has 8 nitrogen and oxygen atoms in total. The number of anilines is 2. The van der Waals surface area contributed by atoms with Crippen LogP contribution in [0.5, 0.6) is 5.88 Å². The van der Waals surface area contributed by atoms with E-state index in [1.807, 2.05) is 12.1 Å². The van der Waals surface area contributed by atoms with Gasteiger partial charge in [0.05, 0.1) is 4.92 Å². The summed E-state index contributed by atoms with van der Waals surface area (Å²) in [5.74, 6) is 0.577. The van der Waals surface area contributed by atoms with E-state index in [4.69, 9.17) is 4.74 Å². The van der Waals surface area contributed by atoms with Crippen molar-refractivity contribution in [2.45, 2.75) is 44.0 Å². The number of ether oxygens (including phenoxy) is 1. The predicted octanol–water partition coefficient (Wildman–Crippen LogP) is 4.22. The molecule has 0 spiro atoms. The Bertz CT molecular complexity index is 974. The summed E-state index contributed by atoms with van der Waals surface area (Å²) in [5.41, 5.74) is -0.885. The van der Waals surface area contributed by atoms with Gasteiger partial charge in [-0.1, -0.05) is 0 Å². The van der Waals surface area contributed by atoms with Gasteiger partial charge in [0.2, 0.25) is 5.88 Å². The van der Waals surface area contributed by atoms with Crippen LogP contribution in [0.2, 0.25) is 0 Å². The van der Waals surface area contributed by atoms with Gasteiger partial charge in [0, 0.05) is 61.9 Å². The Kier molecular flexibility index (Phi) is 6.87. The molecule has 11 heteroatoms. The van der Waals surface area contributed by atoms with Crippen molar-refractivity contribution in [3.05, 3.63) is 52.2 Å². The van der Waals surface area contributed by atoms with Gasteiger partial charge >= 0.3 is 6.18 Å². The minimum atomic E-state index is -4.79. The Morgan fingerprint density at radius 3 is 2.52 bits per heavy atom. The molecule has 1 aliphatic carbocycles. The number of piperazine rings is 1. The number of hydrogen-bond donors (Lipinski definition) is 2. The lowest BCUT2D eigenvalue weighted by Crippen LogP contribution is -2.43. The fourth-order valence-electron chi connectivity index (χ4n) is 4.33. The maximum absolute atomic E-state index is 13.2. The summed E-state index contributed by atoms with van der Waals surface area (Å²) in [4.78, 5) is 16.5. The van der Waals surface area contributed by atoms with Gasteiger partial charge in [0.15, 0.2) is 0 Å². The molecular weight excluding hydrogens is 439 g/mol. The molecule has 2 aliphatic rings. The summed E-state index contributed by atoms with van der Waals surface area (Å²) >= 11 is 0. The molecule has 1 aromatic carbocycles. The van der Waals surface area contributed by atoms with Crippen LogP contribution in [0.15, 0.2) is 36.5 Å². The summed E-state index contributed by atoms with van der Waals surface area (Å²) in [6, 6.07) is 6.92. The van der Waals surface area contributed by atoms with E-state index in [1.54, 1.807) is 6.20 Å². The van der Waals surface area contributed by atoms with Crippen molar-refractivity contribution in [1.29, 1.82) is 0 Å². The molecule has 0 unspecified atom stereocenters. The standard InChI is InChI=1S/C22H26F3N5O3/c23-22(24,25)19-13-16(3-6-20(19)30(31)32)28-15-1-4-18(5-2-15)33-21-14-17(7-8-27-21)29-11-9-26-10-12-29/h3,6-8,13-15,18,26,28H,1-2,4-5,9-12H2. The van der Waals surface area contributed by atoms with Crippen LogP contribution in [0.1, 0.15) is 31.2 Å². The number of nitrogens with one attached hydrogen (secondary N) is 2. The average Bonchev–Trinajstić information content (AvgIpc) is 2.80. The van der Waals surface area contributed by atoms with Crippen LogP contribution in [0.3, 0.4) is 0 Å². The minimum absolute atomic E-state index is 0.0172. The first-order chi connectivity index (χ1) is 15.8. The van der Waals surface area contributed by atoms with E-state index >= 15 is 0 Å². The summed E-state index contributed by atoms with van der Waals surface area (Å²) < 4.78 is 45.7. The molecule has 1 aliphatic heterocycles. The van der Waals surface area contributed by atoms with Gasteiger partial charge in [-0.15, -0.1) is 0 Å². The van der Waals surface area contributed by atoms with Gasteiger partial charge in [-0.05, 0) is 43.9 Å². The van der Waals surface area contributed by atoms with Crippen LogP contribution in [0.4, 0.5) is 30.2 Å². The molecule has 1 saturated heterocycles. The Morgan fingerprint density at radius 1 is 1.12 bits per heavy atom. The van der Waals surface area contributed by atoms with Gasteiger partial charge in [0.25, 0.3) is 5.69 Å². The third kappa shape index (κ3) is 5.84. The first-order valence-corrected chi connectivity index (χ1v) is 11.0. The molecule has 1 saturated carbocycles. The monoisotopic (exact) mass is 465 g/mol. The molecule has 0 bridgehead atoms. The summed E-state index contributed by atoms with van der Waals surface area (Å²) in [7, 11) is 0. The number of hydrogen-bond acceptors (Lipinski definition) is 7. The molecule has 178 valence electrons. The molecule has 0 amide bonds. The summed E-state index contributed by atoms with van der Waals surface area (Å²) in [5, 5.41) is 17.3. The molecule has 2 heterocycles. The number of halogens is 3. The molecule has 2 N–H and O–H groups in total. The maximum Gasteiger partial charge on any atom is 0.423 e. The van der Waals surface area contributed by atoms with E-state index in [9.17, 15) is 23.3 Å². The first kappa shape index (κ1) is 23.1. The number of nitro groups is 1. The second-order valence-electron chi connectivity index (χ2n) is 8.31. The molecule has 1 aromatic heterocycles. The molecule has 0 radical (unpaired) electrons. The Hall–Kier alpha value is -3.08. The molecule has 0 atom stereocenters. The maximum atomic E-state index is 13.2. The van der Waals surface area contributed by atoms with Crippen LogP contribution < -0.4 is 20.3 Å². The minimum Gasteiger partial charge on any atom is -0.474 e. The van der Waals surface area contributed by atoms with Crippen molar-refractivity contribution in [1.82, 2.24) is 10.3 Å². The average molecular weight is 465 g/mol. The lowest BCUT2D eigenvalue weighted by Gasteiger charge is -2.31. The van der Waals surface area contributed by atoms with Gasteiger partial charge in [0.1, 0.15) is 11.7 Å². The topological polar surface area (TPSA) is 92.6 Å². The fraction of sp³-hybridized carbons (Fsp3) is 0.500. The Labute approximate surface area is 189 Å². The van der Waals surface area contributed by atoms with Crippen molar-refractivity contribution < 1.29 is 22.8 Å². The number of pyridine rings is 1. The number of nitrogens with zero attached hydrogens (tertiary/aromatic N) is 3. The quantitative estimate of drug-likeness (QED) is 0.487. The van der Waals surface area contributed by atoms with Crippen LogP contribution in [-0.4, -0.2) is 48.2 Å². The van der Waals surface area contributed by atoms with E-state index in [2.05, 4.69) is 20.5 Å². The molecular formula is C22H26F3N5O3. The third-order valence-corrected chi connectivity index (χ3v) is 6.03. The predicted molar refractivity (Wildman–Crippen MR) is 118 cm³/mol. The second kappa shape index (κ2) is 9.82. The third-order valence-electron chi connectivity index (χ3n) is 6.03. The zero-order valence-corrected chi connectivity index (χ0v) is 18.0. The van der Waals surface area contributed by atoms with Gasteiger partial charge in [-0.3, -0.25) is 10.1 Å². The fourth-order valence-corrected chi connectivity index (χ4v) is 4.33. The van der Waals surface area contributed by atoms with Crippen molar-refractivity contribution in [2.75, 3.05) is 36.4 Å². The van der Waals surface area contributed by atoms with Crippen molar-refractivity contribution >= 4 is 17.1 Å². The number of alkyl halides is 3. The van der Waals surface area contributed by atoms with Crippen LogP contribution in [0.25, 0.3) is 0 Å². The zero-order chi connectivity index (χ0) is 23.4. The number of rotatable bonds is 6. The number of benzene rings is 1. The molecule has 4 rings (SSSR count). The highest BCUT2D eigenvalue weighted by atomic mass is 19.4. The molecule has 2 aromatic rings. The largest absolute Gasteiger partial charge is 0.474 e. The highest BCUT2D eigenvalue weighted by molar-refractivity contribution is 5.55. The van der Waals surface area contributed by atoms with E-state index in [0.29, 0.717) is 18.7 Å². The second-order valence-corrected chi connectivity index (χ2v) is 8.31. The van der Waals surface area contributed by atoms with Crippen LogP contribution in [-0.2, 0) is 6.18 Å². The molecule has 2 fully saturated rings. The van der Waals surface area contributed by atoms with Crippen molar-refractivity contribution in [3.63, 3.8) is 0 Å². The highest BCUT2D eigenvalue weighted by Gasteiger charge is 2.38. The first-order valence-electron chi connectivity index (χ1n) is 11.0. The van der Waals surface area contributed by atoms with E-state index < -0.39 is 22.4 Å². The normalized spacial score (nSPS) is 21.5. The SMILES string of the molecule is O=[N+]([O-])c1ccc(NC2CCC(Oc3cc(N4CCNCC4)ccn3)CC2)cc1C(F)(F)F. The van der Waals surface area contributed by atoms with Crippen molar-refractivity contribution in [2.24, 2.45) is 0 Å². The Balaban J connectivity index is 1.33. The van der Waals surface area contributed by atoms with Gasteiger partial charge in [-0.25, -0.2) is 4.98 Å². The van der Waals surface area contributed by atoms with Crippen LogP contribution in [0, 0.1) is 10.1 Å². The Morgan fingerprint density at radius 2 is 1.85 bits per heavy atom. The highest BCUT2D eigenvalue weighted by Crippen LogP contribution is 2.38. The summed E-state index contributed by atoms with van der Waals surface area (Å²) in [6.07, 6.45) is -0.186. The van der Waals surface area contributed by atoms with Gasteiger partial charge in [-0.2, -0.15) is 13.2 Å². The number of aromatic nitrogens is 1. The van der Waals surface area contributed by atoms with E-state index in [-0.39, 0.29) is 17.8 Å². The molecule has 33 heavy (non-hydrogen) atoms. The zero-order valence-electron chi connectivity index (χ0n) is 18.0. The van der Waals surface area contributed by atoms with E-state index in [0.717, 1.165) is 56.8 Å². The number of nitro benzene ring substituents is 1.